The molecule has 2 aromatic heterocycles. The first-order valence-electron chi connectivity index (χ1n) is 12.5. The van der Waals surface area contributed by atoms with Crippen LogP contribution < -0.4 is 5.56 Å². The Balaban J connectivity index is 1.25. The van der Waals surface area contributed by atoms with Gasteiger partial charge in [-0.1, -0.05) is 37.3 Å². The van der Waals surface area contributed by atoms with Crippen LogP contribution in [0.25, 0.3) is 20.7 Å². The lowest BCUT2D eigenvalue weighted by Crippen LogP contribution is -2.47. The number of fused-ring (bicyclic) bond motifs is 1. The van der Waals surface area contributed by atoms with Crippen LogP contribution in [0.15, 0.2) is 41.5 Å². The van der Waals surface area contributed by atoms with Crippen molar-refractivity contribution in [3.8, 4) is 10.4 Å². The molecule has 1 aromatic carbocycles. The molecule has 0 radical (unpaired) electrons. The highest BCUT2D eigenvalue weighted by atomic mass is 32.1. The summed E-state index contributed by atoms with van der Waals surface area (Å²) in [6.45, 7) is 6.94. The zero-order valence-electron chi connectivity index (χ0n) is 20.4. The predicted molar refractivity (Wildman–Crippen MR) is 138 cm³/mol. The summed E-state index contributed by atoms with van der Waals surface area (Å²) in [7, 11) is 0. The van der Waals surface area contributed by atoms with Crippen molar-refractivity contribution in [3.63, 3.8) is 0 Å². The number of hydrogen-bond acceptors (Lipinski definition) is 5. The van der Waals surface area contributed by atoms with E-state index in [1.165, 1.54) is 28.7 Å². The normalized spacial score (nSPS) is 19.3. The zero-order chi connectivity index (χ0) is 24.5. The summed E-state index contributed by atoms with van der Waals surface area (Å²) < 4.78 is 1.42. The lowest BCUT2D eigenvalue weighted by atomic mass is 9.92. The van der Waals surface area contributed by atoms with Crippen LogP contribution >= 0.6 is 11.3 Å². The van der Waals surface area contributed by atoms with E-state index >= 15 is 0 Å². The molecule has 3 aromatic rings. The van der Waals surface area contributed by atoms with E-state index in [4.69, 9.17) is 0 Å². The molecule has 2 saturated heterocycles. The van der Waals surface area contributed by atoms with Crippen molar-refractivity contribution in [2.24, 2.45) is 11.8 Å². The van der Waals surface area contributed by atoms with Gasteiger partial charge < -0.3 is 9.80 Å². The van der Waals surface area contributed by atoms with Crippen molar-refractivity contribution in [3.05, 3.63) is 52.6 Å². The lowest BCUT2D eigenvalue weighted by Gasteiger charge is -2.37. The molecule has 8 heteroatoms. The monoisotopic (exact) mass is 492 g/mol. The molecule has 4 heterocycles. The van der Waals surface area contributed by atoms with Crippen LogP contribution in [0.2, 0.25) is 0 Å². The van der Waals surface area contributed by atoms with Crippen molar-refractivity contribution >= 4 is 33.4 Å². The van der Waals surface area contributed by atoms with Crippen molar-refractivity contribution in [2.45, 2.75) is 46.1 Å². The summed E-state index contributed by atoms with van der Waals surface area (Å²) in [6, 6.07) is 9.98. The van der Waals surface area contributed by atoms with E-state index < -0.39 is 0 Å². The number of thiophene rings is 1. The largest absolute Gasteiger partial charge is 0.342 e. The zero-order valence-corrected chi connectivity index (χ0v) is 21.2. The third-order valence-electron chi connectivity index (χ3n) is 7.42. The van der Waals surface area contributed by atoms with Crippen LogP contribution in [0.1, 0.15) is 38.2 Å². The Bertz CT molecular complexity index is 1290. The molecule has 7 nitrogen and oxygen atoms in total. The van der Waals surface area contributed by atoms with E-state index in [0.717, 1.165) is 35.5 Å². The van der Waals surface area contributed by atoms with Gasteiger partial charge in [-0.25, -0.2) is 4.98 Å². The van der Waals surface area contributed by atoms with E-state index in [0.29, 0.717) is 42.1 Å². The van der Waals surface area contributed by atoms with Crippen LogP contribution in [0.4, 0.5) is 0 Å². The lowest BCUT2D eigenvalue weighted by molar-refractivity contribution is -0.142. The molecule has 1 atom stereocenters. The summed E-state index contributed by atoms with van der Waals surface area (Å²) in [5, 5.41) is 0.587. The quantitative estimate of drug-likeness (QED) is 0.553. The van der Waals surface area contributed by atoms with E-state index in [9.17, 15) is 14.4 Å². The van der Waals surface area contributed by atoms with Crippen LogP contribution in [0, 0.1) is 18.8 Å². The third-order valence-corrected chi connectivity index (χ3v) is 8.67. The second-order valence-corrected chi connectivity index (χ2v) is 11.0. The summed E-state index contributed by atoms with van der Waals surface area (Å²) in [6.07, 6.45) is 5.13. The minimum atomic E-state index is -0.177. The van der Waals surface area contributed by atoms with Gasteiger partial charge in [-0.15, -0.1) is 11.3 Å². The standard InChI is InChI=1S/C27H32N4O3S/c1-18-7-6-12-30(15-18)26(33)21-10-13-29(14-11-21)22(32)16-31-17-28-25-23(27(31)34)19(2)24(35-25)20-8-4-3-5-9-20/h3-5,8-9,17-18,21H,6-7,10-16H2,1-2H3. The van der Waals surface area contributed by atoms with Crippen LogP contribution in [-0.2, 0) is 16.1 Å². The Morgan fingerprint density at radius 2 is 1.80 bits per heavy atom. The number of likely N-dealkylation sites (tertiary alicyclic amines) is 2. The molecular formula is C27H32N4O3S. The molecule has 0 saturated carbocycles. The van der Waals surface area contributed by atoms with Gasteiger partial charge in [-0.3, -0.25) is 19.0 Å². The molecule has 0 N–H and O–H groups in total. The van der Waals surface area contributed by atoms with Crippen LogP contribution in [0.3, 0.4) is 0 Å². The van der Waals surface area contributed by atoms with Crippen LogP contribution in [0.5, 0.6) is 0 Å². The molecule has 1 unspecified atom stereocenters. The first-order valence-corrected chi connectivity index (χ1v) is 13.3. The first kappa shape index (κ1) is 23.7. The maximum atomic E-state index is 13.3. The maximum absolute atomic E-state index is 13.3. The Morgan fingerprint density at radius 1 is 1.06 bits per heavy atom. The fraction of sp³-hybridized carbons (Fsp3) is 0.481. The summed E-state index contributed by atoms with van der Waals surface area (Å²) in [4.78, 5) is 49.3. The molecule has 184 valence electrons. The number of carbonyl (C=O) groups is 2. The van der Waals surface area contributed by atoms with Crippen molar-refractivity contribution in [2.75, 3.05) is 26.2 Å². The minimum Gasteiger partial charge on any atom is -0.342 e. The molecular weight excluding hydrogens is 460 g/mol. The molecule has 5 rings (SSSR count). The number of rotatable bonds is 4. The molecule has 2 aliphatic heterocycles. The molecule has 2 aliphatic rings. The minimum absolute atomic E-state index is 0.00467. The molecule has 0 bridgehead atoms. The van der Waals surface area contributed by atoms with Gasteiger partial charge in [0, 0.05) is 37.0 Å². The number of nitrogens with zero attached hydrogens (tertiary/aromatic N) is 4. The number of amides is 2. The second kappa shape index (κ2) is 9.93. The van der Waals surface area contributed by atoms with Gasteiger partial charge in [0.25, 0.3) is 5.56 Å². The Morgan fingerprint density at radius 3 is 2.51 bits per heavy atom. The van der Waals surface area contributed by atoms with Gasteiger partial charge >= 0.3 is 0 Å². The Labute approximate surface area is 209 Å². The van der Waals surface area contributed by atoms with Crippen molar-refractivity contribution in [1.29, 1.82) is 0 Å². The fourth-order valence-corrected chi connectivity index (χ4v) is 6.55. The molecule has 2 fully saturated rings. The summed E-state index contributed by atoms with van der Waals surface area (Å²) >= 11 is 1.51. The van der Waals surface area contributed by atoms with E-state index in [2.05, 4.69) is 11.9 Å². The summed E-state index contributed by atoms with van der Waals surface area (Å²) in [5.41, 5.74) is 1.79. The average molecular weight is 493 g/mol. The SMILES string of the molecule is Cc1c(-c2ccccc2)sc2ncn(CC(=O)N3CCC(C(=O)N4CCCC(C)C4)CC3)c(=O)c12. The number of benzene rings is 1. The predicted octanol–water partition coefficient (Wildman–Crippen LogP) is 3.93. The van der Waals surface area contributed by atoms with Crippen molar-refractivity contribution in [1.82, 2.24) is 19.4 Å². The van der Waals surface area contributed by atoms with E-state index in [-0.39, 0.29) is 29.8 Å². The van der Waals surface area contributed by atoms with Gasteiger partial charge in [-0.2, -0.15) is 0 Å². The van der Waals surface area contributed by atoms with E-state index in [1.54, 1.807) is 4.90 Å². The molecule has 35 heavy (non-hydrogen) atoms. The number of piperidine rings is 2. The highest BCUT2D eigenvalue weighted by Gasteiger charge is 2.32. The Kier molecular flexibility index (Phi) is 6.73. The van der Waals surface area contributed by atoms with Crippen molar-refractivity contribution < 1.29 is 9.59 Å². The molecule has 0 spiro atoms. The number of aryl methyl sites for hydroxylation is 1. The fourth-order valence-electron chi connectivity index (χ4n) is 5.41. The van der Waals surface area contributed by atoms with E-state index in [1.807, 2.05) is 42.2 Å². The maximum Gasteiger partial charge on any atom is 0.262 e. The van der Waals surface area contributed by atoms with Gasteiger partial charge in [0.2, 0.25) is 11.8 Å². The second-order valence-electron chi connectivity index (χ2n) is 9.97. The number of carbonyl (C=O) groups excluding carboxylic acids is 2. The highest BCUT2D eigenvalue weighted by Crippen LogP contribution is 2.35. The first-order chi connectivity index (χ1) is 16.9. The molecule has 2 amide bonds. The smallest absolute Gasteiger partial charge is 0.262 e. The number of hydrogen-bond donors (Lipinski definition) is 0. The van der Waals surface area contributed by atoms with Crippen LogP contribution in [-0.4, -0.2) is 57.3 Å². The Hall–Kier alpha value is -3.00. The third kappa shape index (κ3) is 4.76. The van der Waals surface area contributed by atoms with Gasteiger partial charge in [-0.05, 0) is 49.7 Å². The highest BCUT2D eigenvalue weighted by molar-refractivity contribution is 7.22. The number of aromatic nitrogens is 2. The topological polar surface area (TPSA) is 75.5 Å². The average Bonchev–Trinajstić information content (AvgIpc) is 3.22. The van der Waals surface area contributed by atoms with Gasteiger partial charge in [0.1, 0.15) is 11.4 Å². The van der Waals surface area contributed by atoms with Gasteiger partial charge in [0.15, 0.2) is 0 Å². The molecule has 0 aliphatic carbocycles. The summed E-state index contributed by atoms with van der Waals surface area (Å²) in [5.74, 6) is 0.711. The van der Waals surface area contributed by atoms with Gasteiger partial charge in [0.05, 0.1) is 11.7 Å².